The number of H-pyrrole nitrogens is 1. The molecule has 122 valence electrons. The first-order valence-electron chi connectivity index (χ1n) is 6.91. The zero-order valence-corrected chi connectivity index (χ0v) is 12.8. The average Bonchev–Trinajstić information content (AvgIpc) is 2.48. The lowest BCUT2D eigenvalue weighted by Gasteiger charge is -2.31. The number of hydrogen-bond donors (Lipinski definition) is 2. The molecule has 0 bridgehead atoms. The molecule has 22 heavy (non-hydrogen) atoms. The molecule has 9 nitrogen and oxygen atoms in total. The van der Waals surface area contributed by atoms with Crippen LogP contribution >= 0.6 is 0 Å². The Morgan fingerprint density at radius 2 is 2.18 bits per heavy atom. The molecule has 1 amide bonds. The third-order valence-corrected chi connectivity index (χ3v) is 3.25. The van der Waals surface area contributed by atoms with E-state index in [-0.39, 0.29) is 12.7 Å². The van der Waals surface area contributed by atoms with Gasteiger partial charge in [-0.2, -0.15) is 0 Å². The Hall–Kier alpha value is -2.13. The van der Waals surface area contributed by atoms with E-state index in [0.29, 0.717) is 18.7 Å². The predicted molar refractivity (Wildman–Crippen MR) is 77.9 cm³/mol. The lowest BCUT2D eigenvalue weighted by atomic mass is 10.3. The van der Waals surface area contributed by atoms with Gasteiger partial charge in [0.2, 0.25) is 0 Å². The van der Waals surface area contributed by atoms with Gasteiger partial charge in [0, 0.05) is 38.9 Å². The summed E-state index contributed by atoms with van der Waals surface area (Å²) in [6.45, 7) is 2.62. The number of nitrogens with one attached hydrogen (secondary N) is 2. The van der Waals surface area contributed by atoms with Crippen molar-refractivity contribution in [2.75, 3.05) is 33.8 Å². The Kier molecular flexibility index (Phi) is 4.99. The minimum Gasteiger partial charge on any atom is -0.447 e. The minimum absolute atomic E-state index is 0.0810. The monoisotopic (exact) mass is 312 g/mol. The summed E-state index contributed by atoms with van der Waals surface area (Å²) in [6.07, 6.45) is 0.0614. The Balaban J connectivity index is 2.05. The van der Waals surface area contributed by atoms with Crippen LogP contribution in [0.1, 0.15) is 11.8 Å². The van der Waals surface area contributed by atoms with E-state index in [1.165, 1.54) is 15.7 Å². The van der Waals surface area contributed by atoms with Gasteiger partial charge in [-0.15, -0.1) is 0 Å². The summed E-state index contributed by atoms with van der Waals surface area (Å²) in [5.74, 6) is 0. The highest BCUT2D eigenvalue weighted by Crippen LogP contribution is 2.13. The number of carbonyl (C=O) groups excluding carboxylic acids is 1. The summed E-state index contributed by atoms with van der Waals surface area (Å²) < 4.78 is 12.2. The van der Waals surface area contributed by atoms with Gasteiger partial charge in [-0.25, -0.2) is 9.59 Å². The molecule has 2 atom stereocenters. The van der Waals surface area contributed by atoms with Crippen molar-refractivity contribution in [2.45, 2.75) is 19.3 Å². The molecule has 0 radical (unpaired) electrons. The Labute approximate surface area is 126 Å². The number of rotatable bonds is 3. The fourth-order valence-corrected chi connectivity index (χ4v) is 2.04. The third kappa shape index (κ3) is 3.74. The first-order valence-corrected chi connectivity index (χ1v) is 6.91. The summed E-state index contributed by atoms with van der Waals surface area (Å²) in [5, 5.41) is 3.12. The molecule has 2 heterocycles. The molecule has 1 aromatic rings. The van der Waals surface area contributed by atoms with Crippen molar-refractivity contribution in [1.82, 2.24) is 19.8 Å². The molecule has 1 aromatic heterocycles. The number of amides is 1. The Bertz CT molecular complexity index is 651. The second-order valence-corrected chi connectivity index (χ2v) is 5.32. The largest absolute Gasteiger partial charge is 0.447 e. The smallest absolute Gasteiger partial charge is 0.409 e. The topological polar surface area (TPSA) is 106 Å². The SMILES string of the molecule is Cc1cn([C@H]2CNC[C@@H](COC(=O)N(C)C)O2)c(=O)[nH]c1=O. The van der Waals surface area contributed by atoms with Crippen LogP contribution in [0.25, 0.3) is 0 Å². The van der Waals surface area contributed by atoms with Crippen LogP contribution in [0.3, 0.4) is 0 Å². The third-order valence-electron chi connectivity index (χ3n) is 3.25. The number of hydrogen-bond acceptors (Lipinski definition) is 6. The molecule has 9 heteroatoms. The van der Waals surface area contributed by atoms with Gasteiger partial charge in [0.1, 0.15) is 12.7 Å². The van der Waals surface area contributed by atoms with Crippen molar-refractivity contribution in [3.05, 3.63) is 32.6 Å². The van der Waals surface area contributed by atoms with Crippen molar-refractivity contribution < 1.29 is 14.3 Å². The molecular weight excluding hydrogens is 292 g/mol. The fourth-order valence-electron chi connectivity index (χ4n) is 2.04. The van der Waals surface area contributed by atoms with E-state index in [4.69, 9.17) is 9.47 Å². The van der Waals surface area contributed by atoms with Crippen LogP contribution in [0.2, 0.25) is 0 Å². The highest BCUT2D eigenvalue weighted by molar-refractivity contribution is 5.66. The molecule has 1 aliphatic heterocycles. The highest BCUT2D eigenvalue weighted by Gasteiger charge is 2.25. The van der Waals surface area contributed by atoms with Gasteiger partial charge in [-0.05, 0) is 6.92 Å². The number of aromatic amines is 1. The van der Waals surface area contributed by atoms with Gasteiger partial charge in [-0.1, -0.05) is 0 Å². The lowest BCUT2D eigenvalue weighted by Crippen LogP contribution is -2.48. The second-order valence-electron chi connectivity index (χ2n) is 5.32. The molecule has 1 fully saturated rings. The number of morpholine rings is 1. The Morgan fingerprint density at radius 3 is 2.86 bits per heavy atom. The van der Waals surface area contributed by atoms with Crippen molar-refractivity contribution in [3.8, 4) is 0 Å². The molecule has 0 unspecified atom stereocenters. The Morgan fingerprint density at radius 1 is 1.45 bits per heavy atom. The van der Waals surface area contributed by atoms with E-state index >= 15 is 0 Å². The molecule has 1 saturated heterocycles. The van der Waals surface area contributed by atoms with E-state index in [2.05, 4.69) is 10.3 Å². The molecule has 0 aliphatic carbocycles. The molecule has 0 saturated carbocycles. The maximum absolute atomic E-state index is 11.9. The van der Waals surface area contributed by atoms with Crippen molar-refractivity contribution >= 4 is 6.09 Å². The van der Waals surface area contributed by atoms with E-state index < -0.39 is 23.6 Å². The fraction of sp³-hybridized carbons (Fsp3) is 0.615. The summed E-state index contributed by atoms with van der Waals surface area (Å²) >= 11 is 0. The first-order chi connectivity index (χ1) is 10.4. The van der Waals surface area contributed by atoms with Crippen LogP contribution in [-0.4, -0.2) is 60.4 Å². The predicted octanol–water partition coefficient (Wildman–Crippen LogP) is -0.970. The number of aryl methyl sites for hydroxylation is 1. The molecule has 0 spiro atoms. The zero-order valence-electron chi connectivity index (χ0n) is 12.8. The van der Waals surface area contributed by atoms with E-state index in [1.807, 2.05) is 0 Å². The normalized spacial score (nSPS) is 21.4. The summed E-state index contributed by atoms with van der Waals surface area (Å²) in [4.78, 5) is 38.2. The van der Waals surface area contributed by atoms with Crippen LogP contribution in [0.15, 0.2) is 15.8 Å². The molecule has 2 N–H and O–H groups in total. The lowest BCUT2D eigenvalue weighted by molar-refractivity contribution is -0.0993. The van der Waals surface area contributed by atoms with Gasteiger partial charge in [0.25, 0.3) is 5.56 Å². The molecule has 2 rings (SSSR count). The molecule has 1 aliphatic rings. The number of aromatic nitrogens is 2. The molecule has 0 aromatic carbocycles. The zero-order chi connectivity index (χ0) is 16.3. The van der Waals surface area contributed by atoms with Gasteiger partial charge < -0.3 is 19.7 Å². The van der Waals surface area contributed by atoms with Gasteiger partial charge in [-0.3, -0.25) is 14.3 Å². The quantitative estimate of drug-likeness (QED) is 0.744. The van der Waals surface area contributed by atoms with E-state index in [1.54, 1.807) is 21.0 Å². The standard InChI is InChI=1S/C13H20N4O5/c1-8-6-17(12(19)15-11(8)18)10-5-14-4-9(22-10)7-21-13(20)16(2)3/h6,9-10,14H,4-5,7H2,1-3H3,(H,15,18,19)/t9-,10+/m0/s1. The van der Waals surface area contributed by atoms with Gasteiger partial charge in [0.05, 0.1) is 0 Å². The van der Waals surface area contributed by atoms with E-state index in [9.17, 15) is 14.4 Å². The van der Waals surface area contributed by atoms with Crippen molar-refractivity contribution in [1.29, 1.82) is 0 Å². The summed E-state index contributed by atoms with van der Waals surface area (Å²) in [7, 11) is 3.18. The van der Waals surface area contributed by atoms with Gasteiger partial charge >= 0.3 is 11.8 Å². The highest BCUT2D eigenvalue weighted by atomic mass is 16.6. The van der Waals surface area contributed by atoms with Crippen LogP contribution in [0.4, 0.5) is 4.79 Å². The average molecular weight is 312 g/mol. The summed E-state index contributed by atoms with van der Waals surface area (Å²) in [6, 6.07) is 0. The van der Waals surface area contributed by atoms with Crippen molar-refractivity contribution in [3.63, 3.8) is 0 Å². The minimum atomic E-state index is -0.570. The first kappa shape index (κ1) is 16.2. The van der Waals surface area contributed by atoms with Crippen LogP contribution < -0.4 is 16.6 Å². The second kappa shape index (κ2) is 6.75. The maximum Gasteiger partial charge on any atom is 0.409 e. The van der Waals surface area contributed by atoms with E-state index in [0.717, 1.165) is 0 Å². The van der Waals surface area contributed by atoms with Crippen molar-refractivity contribution in [2.24, 2.45) is 0 Å². The van der Waals surface area contributed by atoms with Crippen LogP contribution in [-0.2, 0) is 9.47 Å². The number of nitrogens with zero attached hydrogens (tertiary/aromatic N) is 2. The van der Waals surface area contributed by atoms with Gasteiger partial charge in [0.15, 0.2) is 6.23 Å². The number of carbonyl (C=O) groups is 1. The van der Waals surface area contributed by atoms with Crippen LogP contribution in [0, 0.1) is 6.92 Å². The molecular formula is C13H20N4O5. The summed E-state index contributed by atoms with van der Waals surface area (Å²) in [5.41, 5.74) is -0.529. The number of ether oxygens (including phenoxy) is 2. The maximum atomic E-state index is 11.9. The van der Waals surface area contributed by atoms with Crippen LogP contribution in [0.5, 0.6) is 0 Å².